The van der Waals surface area contributed by atoms with Gasteiger partial charge in [-0.1, -0.05) is 23.7 Å². The van der Waals surface area contributed by atoms with E-state index in [-0.39, 0.29) is 18.8 Å². The van der Waals surface area contributed by atoms with Crippen LogP contribution < -0.4 is 4.74 Å². The predicted molar refractivity (Wildman–Crippen MR) is 115 cm³/mol. The standard InChI is InChI=1S/C22H28ClNO4S/c1-15-12-22(20-18(5-9-28-22)19(14-26)21(23)29-20)6-7-24(15)13-16-3-2-4-17(11-16)27-10-8-25/h2-4,11,15,25-26H,5-10,12-14H2,1H3/t15-,22?/m0/s1. The van der Waals surface area contributed by atoms with E-state index in [0.29, 0.717) is 23.6 Å². The molecule has 5 nitrogen and oxygen atoms in total. The number of halogens is 1. The van der Waals surface area contributed by atoms with Crippen molar-refractivity contribution in [2.75, 3.05) is 26.4 Å². The summed E-state index contributed by atoms with van der Waals surface area (Å²) < 4.78 is 12.6. The molecular formula is C22H28ClNO4S. The van der Waals surface area contributed by atoms with Gasteiger partial charge in [0, 0.05) is 29.6 Å². The molecule has 0 radical (unpaired) electrons. The Kier molecular flexibility index (Phi) is 6.49. The van der Waals surface area contributed by atoms with Gasteiger partial charge in [-0.05, 0) is 49.4 Å². The van der Waals surface area contributed by atoms with E-state index in [0.717, 1.165) is 43.7 Å². The van der Waals surface area contributed by atoms with Crippen LogP contribution in [-0.2, 0) is 29.9 Å². The van der Waals surface area contributed by atoms with Crippen LogP contribution in [0.5, 0.6) is 5.75 Å². The number of thiophene rings is 1. The van der Waals surface area contributed by atoms with Gasteiger partial charge in [-0.2, -0.15) is 0 Å². The third-order valence-electron chi connectivity index (χ3n) is 6.07. The second-order valence-electron chi connectivity index (χ2n) is 7.91. The minimum Gasteiger partial charge on any atom is -0.491 e. The van der Waals surface area contributed by atoms with Crippen molar-refractivity contribution in [3.05, 3.63) is 50.2 Å². The molecule has 0 bridgehead atoms. The monoisotopic (exact) mass is 437 g/mol. The molecule has 29 heavy (non-hydrogen) atoms. The number of aliphatic hydroxyl groups is 2. The van der Waals surface area contributed by atoms with Crippen molar-refractivity contribution in [3.8, 4) is 5.75 Å². The van der Waals surface area contributed by atoms with Gasteiger partial charge < -0.3 is 19.7 Å². The van der Waals surface area contributed by atoms with Gasteiger partial charge in [-0.3, -0.25) is 4.90 Å². The quantitative estimate of drug-likeness (QED) is 0.721. The van der Waals surface area contributed by atoms with Gasteiger partial charge in [0.25, 0.3) is 0 Å². The summed E-state index contributed by atoms with van der Waals surface area (Å²) in [6.45, 7) is 5.06. The summed E-state index contributed by atoms with van der Waals surface area (Å²) in [4.78, 5) is 3.71. The van der Waals surface area contributed by atoms with E-state index in [9.17, 15) is 5.11 Å². The van der Waals surface area contributed by atoms with Crippen molar-refractivity contribution < 1.29 is 19.7 Å². The first-order valence-corrected chi connectivity index (χ1v) is 11.4. The summed E-state index contributed by atoms with van der Waals surface area (Å²) in [5.74, 6) is 0.794. The maximum absolute atomic E-state index is 9.73. The van der Waals surface area contributed by atoms with E-state index in [1.54, 1.807) is 11.3 Å². The Balaban J connectivity index is 1.48. The van der Waals surface area contributed by atoms with Crippen LogP contribution in [0.2, 0.25) is 4.34 Å². The number of rotatable bonds is 6. The number of likely N-dealkylation sites (tertiary alicyclic amines) is 1. The average molecular weight is 438 g/mol. The Bertz CT molecular complexity index is 857. The Morgan fingerprint density at radius 3 is 3.00 bits per heavy atom. The molecule has 1 aromatic carbocycles. The van der Waals surface area contributed by atoms with E-state index < -0.39 is 0 Å². The summed E-state index contributed by atoms with van der Waals surface area (Å²) in [5, 5.41) is 18.7. The number of hydrogen-bond acceptors (Lipinski definition) is 6. The molecule has 3 heterocycles. The van der Waals surface area contributed by atoms with Gasteiger partial charge in [0.1, 0.15) is 18.0 Å². The summed E-state index contributed by atoms with van der Waals surface area (Å²) in [7, 11) is 0. The van der Waals surface area contributed by atoms with Crippen LogP contribution in [0.15, 0.2) is 24.3 Å². The molecule has 1 spiro atoms. The molecule has 2 N–H and O–H groups in total. The first-order valence-electron chi connectivity index (χ1n) is 10.2. The van der Waals surface area contributed by atoms with Crippen LogP contribution in [0, 0.1) is 0 Å². The lowest BCUT2D eigenvalue weighted by atomic mass is 9.81. The minimum absolute atomic E-state index is 0.00286. The van der Waals surface area contributed by atoms with E-state index in [2.05, 4.69) is 24.0 Å². The Hall–Kier alpha value is -1.15. The van der Waals surface area contributed by atoms with Gasteiger partial charge in [-0.25, -0.2) is 0 Å². The number of fused-ring (bicyclic) bond motifs is 2. The zero-order valence-electron chi connectivity index (χ0n) is 16.7. The summed E-state index contributed by atoms with van der Waals surface area (Å²) >= 11 is 8.01. The van der Waals surface area contributed by atoms with E-state index in [4.69, 9.17) is 26.2 Å². The van der Waals surface area contributed by atoms with Crippen molar-refractivity contribution in [2.45, 2.75) is 51.0 Å². The second-order valence-corrected chi connectivity index (χ2v) is 9.53. The zero-order chi connectivity index (χ0) is 20.4. The molecule has 7 heteroatoms. The van der Waals surface area contributed by atoms with Crippen molar-refractivity contribution in [1.82, 2.24) is 4.90 Å². The molecule has 2 aliphatic heterocycles. The van der Waals surface area contributed by atoms with Crippen molar-refractivity contribution >= 4 is 22.9 Å². The molecule has 1 fully saturated rings. The lowest BCUT2D eigenvalue weighted by Crippen LogP contribution is -2.50. The molecule has 0 saturated carbocycles. The summed E-state index contributed by atoms with van der Waals surface area (Å²) in [6.07, 6.45) is 2.67. The lowest BCUT2D eigenvalue weighted by Gasteiger charge is -2.47. The highest BCUT2D eigenvalue weighted by atomic mass is 35.5. The zero-order valence-corrected chi connectivity index (χ0v) is 18.3. The maximum Gasteiger partial charge on any atom is 0.119 e. The Morgan fingerprint density at radius 2 is 2.24 bits per heavy atom. The number of benzene rings is 1. The van der Waals surface area contributed by atoms with Crippen molar-refractivity contribution in [1.29, 1.82) is 0 Å². The number of ether oxygens (including phenoxy) is 2. The Labute approximate surface area is 180 Å². The SMILES string of the molecule is C[C@H]1CC2(CCN1Cc1cccc(OCCO)c1)OCCc1c2sc(Cl)c1CO. The molecule has 2 atom stereocenters. The van der Waals surface area contributed by atoms with Gasteiger partial charge in [0.05, 0.1) is 24.2 Å². The summed E-state index contributed by atoms with van der Waals surface area (Å²) in [5.41, 5.74) is 3.03. The van der Waals surface area contributed by atoms with Gasteiger partial charge >= 0.3 is 0 Å². The highest BCUT2D eigenvalue weighted by molar-refractivity contribution is 7.16. The highest BCUT2D eigenvalue weighted by Gasteiger charge is 2.45. The van der Waals surface area contributed by atoms with E-state index >= 15 is 0 Å². The molecule has 1 unspecified atom stereocenters. The number of nitrogens with zero attached hydrogens (tertiary/aromatic N) is 1. The van der Waals surface area contributed by atoms with E-state index in [1.807, 2.05) is 12.1 Å². The third-order valence-corrected chi connectivity index (χ3v) is 7.77. The third kappa shape index (κ3) is 4.20. The first kappa shape index (κ1) is 21.1. The van der Waals surface area contributed by atoms with E-state index in [1.165, 1.54) is 16.0 Å². The largest absolute Gasteiger partial charge is 0.491 e. The fourth-order valence-corrected chi connectivity index (χ4v) is 6.30. The molecule has 1 aromatic heterocycles. The number of hydrogen-bond donors (Lipinski definition) is 2. The normalized spacial score (nSPS) is 24.6. The van der Waals surface area contributed by atoms with Crippen molar-refractivity contribution in [2.24, 2.45) is 0 Å². The van der Waals surface area contributed by atoms with Gasteiger partial charge in [0.2, 0.25) is 0 Å². The topological polar surface area (TPSA) is 62.2 Å². The van der Waals surface area contributed by atoms with Gasteiger partial charge in [0.15, 0.2) is 0 Å². The molecule has 2 aromatic rings. The second kappa shape index (κ2) is 8.92. The average Bonchev–Trinajstić information content (AvgIpc) is 3.06. The molecule has 158 valence electrons. The number of piperidine rings is 1. The molecule has 4 rings (SSSR count). The molecule has 0 amide bonds. The number of aliphatic hydroxyl groups excluding tert-OH is 2. The predicted octanol–water partition coefficient (Wildman–Crippen LogP) is 3.72. The molecule has 0 aliphatic carbocycles. The maximum atomic E-state index is 9.73. The molecule has 2 aliphatic rings. The van der Waals surface area contributed by atoms with Crippen LogP contribution >= 0.6 is 22.9 Å². The fraction of sp³-hybridized carbons (Fsp3) is 0.545. The van der Waals surface area contributed by atoms with Gasteiger partial charge in [-0.15, -0.1) is 11.3 Å². The molecule has 1 saturated heterocycles. The Morgan fingerprint density at radius 1 is 1.38 bits per heavy atom. The van der Waals surface area contributed by atoms with Crippen LogP contribution in [0.25, 0.3) is 0 Å². The summed E-state index contributed by atoms with van der Waals surface area (Å²) in [6, 6.07) is 8.44. The van der Waals surface area contributed by atoms with Crippen LogP contribution in [0.1, 0.15) is 41.3 Å². The minimum atomic E-state index is -0.280. The van der Waals surface area contributed by atoms with Crippen LogP contribution in [-0.4, -0.2) is 47.5 Å². The fourth-order valence-electron chi connectivity index (χ4n) is 4.63. The van der Waals surface area contributed by atoms with Crippen molar-refractivity contribution in [3.63, 3.8) is 0 Å². The first-order chi connectivity index (χ1) is 14.1. The highest BCUT2D eigenvalue weighted by Crippen LogP contribution is 2.49. The van der Waals surface area contributed by atoms with Crippen LogP contribution in [0.4, 0.5) is 0 Å². The smallest absolute Gasteiger partial charge is 0.119 e. The molecular weight excluding hydrogens is 410 g/mol. The lowest BCUT2D eigenvalue weighted by molar-refractivity contribution is -0.110. The van der Waals surface area contributed by atoms with Crippen LogP contribution in [0.3, 0.4) is 0 Å².